The fraction of sp³-hybridized carbons (Fsp3) is 0.250. The van der Waals surface area contributed by atoms with E-state index in [4.69, 9.17) is 0 Å². The van der Waals surface area contributed by atoms with E-state index >= 15 is 0 Å². The van der Waals surface area contributed by atoms with Crippen molar-refractivity contribution < 1.29 is 316 Å². The molecule has 3 aromatic heterocycles. The van der Waals surface area contributed by atoms with Crippen LogP contribution in [0.1, 0.15) is 67.5 Å². The van der Waals surface area contributed by atoms with Gasteiger partial charge in [-0.3, -0.25) is 44.4 Å². The Morgan fingerprint density at radius 3 is 0.496 bits per heavy atom. The van der Waals surface area contributed by atoms with Crippen molar-refractivity contribution in [3.05, 3.63) is 177 Å². The van der Waals surface area contributed by atoms with Gasteiger partial charge in [-0.25, -0.2) is 0 Å². The first-order chi connectivity index (χ1) is 52.6. The van der Waals surface area contributed by atoms with Crippen LogP contribution in [-0.2, 0) is 96.8 Å². The van der Waals surface area contributed by atoms with Crippen molar-refractivity contribution in [3.8, 4) is 35.5 Å². The average molecular weight is 2180 g/mol. The zero-order valence-electron chi connectivity index (χ0n) is 59.0. The van der Waals surface area contributed by atoms with E-state index < -0.39 is 150 Å². The van der Waals surface area contributed by atoms with E-state index in [1.807, 2.05) is 0 Å². The molecule has 0 N–H and O–H groups in total. The van der Waals surface area contributed by atoms with Crippen molar-refractivity contribution in [1.29, 1.82) is 0 Å². The number of isothiocyanates is 3. The normalized spacial score (nSPS) is 9.97. The zero-order chi connectivity index (χ0) is 82.1. The van der Waals surface area contributed by atoms with Gasteiger partial charge in [0.2, 0.25) is 0 Å². The third-order valence-corrected chi connectivity index (χ3v) is 13.8. The number of aromatic nitrogens is 3. The Bertz CT molecular complexity index is 4070. The summed E-state index contributed by atoms with van der Waals surface area (Å²) in [4.78, 5) is 163. The molecule has 0 atom stereocenters. The Labute approximate surface area is 834 Å². The Balaban J connectivity index is 0.00000167. The number of thiocarbonyl (C=S) groups is 3. The summed E-state index contributed by atoms with van der Waals surface area (Å²) in [6.07, 6.45) is 0. The first kappa shape index (κ1) is 108. The summed E-state index contributed by atoms with van der Waals surface area (Å²) in [5, 5.41) is 139. The molecule has 0 aliphatic carbocycles. The number of rotatable bonds is 39. The van der Waals surface area contributed by atoms with Gasteiger partial charge >= 0.3 is 198 Å². The van der Waals surface area contributed by atoms with Crippen LogP contribution < -0.4 is 61.3 Å². The molecule has 0 saturated heterocycles. The fourth-order valence-corrected chi connectivity index (χ4v) is 9.99. The second-order valence-electron chi connectivity index (χ2n) is 22.9. The van der Waals surface area contributed by atoms with Crippen LogP contribution in [0, 0.1) is 233 Å². The second kappa shape index (κ2) is 58.7. The number of carboxylic acids is 12. The number of pyridine rings is 3. The number of hydrogen-bond acceptors (Lipinski definition) is 39. The molecule has 0 aliphatic heterocycles. The molecule has 0 amide bonds. The summed E-state index contributed by atoms with van der Waals surface area (Å²) in [6.45, 7) is -10.2. The molecule has 6 aromatic rings. The SMILES string of the molecule is O=C([O-])CN(CC(=O)[O-])Cc1cc(C#Cc2ccc(N=C=S)cc2)cc(CN(CC(=O)[O-])CC(=O)[O-])n1.O=C([O-])CN(CC(=O)[O-])Cc1cc(C#Cc2ccc(N=C=S)cc2)cc(CN(CC(=O)[O-])CC(=O)[O-])n1.O=C([O-])CN(CC(=O)[O-])Cc1cc(C#Cc2ccc(N=C=S)cc2)cc(CN(CC(=O)[O-])CC(=O)[O-])n1.[Eu+3].[Eu+3].[Eu+3].[Eu+3]. The number of nitrogens with zero attached hydrogens (tertiary/aromatic N) is 12. The van der Waals surface area contributed by atoms with Gasteiger partial charge in [0.15, 0.2) is 0 Å². The van der Waals surface area contributed by atoms with Crippen molar-refractivity contribution in [2.24, 2.45) is 15.0 Å². The molecule has 0 saturated carbocycles. The van der Waals surface area contributed by atoms with Crippen LogP contribution in [-0.4, -0.2) is 210 Å². The topological polar surface area (TPSA) is 577 Å². The van der Waals surface area contributed by atoms with Crippen LogP contribution in [0.25, 0.3) is 0 Å². The van der Waals surface area contributed by atoms with Gasteiger partial charge in [0.05, 0.1) is 138 Å². The monoisotopic (exact) mass is 2180 g/mol. The second-order valence-corrected chi connectivity index (χ2v) is 23.4. The molecular formula is C72H54Eu4N12O24S3. The third kappa shape index (κ3) is 49.0. The summed E-state index contributed by atoms with van der Waals surface area (Å²) in [7, 11) is 0. The van der Waals surface area contributed by atoms with Crippen molar-refractivity contribution in [2.45, 2.75) is 39.3 Å². The maximum Gasteiger partial charge on any atom is 3.00 e. The van der Waals surface area contributed by atoms with Crippen LogP contribution in [0.2, 0.25) is 0 Å². The Morgan fingerprint density at radius 1 is 0.243 bits per heavy atom. The molecule has 0 fully saturated rings. The van der Waals surface area contributed by atoms with Crippen LogP contribution in [0.4, 0.5) is 17.1 Å². The summed E-state index contributed by atoms with van der Waals surface area (Å²) in [5.74, 6) is -0.830. The quantitative estimate of drug-likeness (QED) is 0.0196. The van der Waals surface area contributed by atoms with Crippen molar-refractivity contribution in [1.82, 2.24) is 44.4 Å². The molecule has 3 heterocycles. The van der Waals surface area contributed by atoms with Crippen LogP contribution in [0.5, 0.6) is 0 Å². The summed E-state index contributed by atoms with van der Waals surface area (Å²) in [6, 6.07) is 29.0. The Morgan fingerprint density at radius 2 is 0.374 bits per heavy atom. The summed E-state index contributed by atoms with van der Waals surface area (Å²) < 4.78 is 0. The molecule has 0 unspecified atom stereocenters. The van der Waals surface area contributed by atoms with Crippen molar-refractivity contribution >= 4 is 141 Å². The molecule has 0 bridgehead atoms. The van der Waals surface area contributed by atoms with E-state index in [-0.39, 0.29) is 271 Å². The number of aliphatic carboxylic acids is 12. The molecule has 592 valence electrons. The molecular weight excluding hydrogens is 2120 g/mol. The van der Waals surface area contributed by atoms with Gasteiger partial charge in [-0.05, 0) is 146 Å². The standard InChI is InChI=1S/3C24H22N4O8S.4Eu/c3*29-21(30)11-27(12-22(31)32)9-19-7-17(2-1-16-3-5-18(6-4-16)25-15-37)8-20(26-19)10-28(13-23(33)34)14-24(35)36;;;;/h3*3-8H,9-14H2,(H,29,30)(H,31,32)(H,33,34)(H,35,36);;;;/q;;;4*+3/p-12. The van der Waals surface area contributed by atoms with Gasteiger partial charge < -0.3 is 119 Å². The number of carboxylic acid groups (broad SMARTS) is 12. The first-order valence-corrected chi connectivity index (χ1v) is 32.7. The molecule has 3 aromatic carbocycles. The molecule has 115 heavy (non-hydrogen) atoms. The summed E-state index contributed by atoms with van der Waals surface area (Å²) in [5.41, 5.74) is 5.80. The van der Waals surface area contributed by atoms with Gasteiger partial charge in [-0.1, -0.05) is 35.5 Å². The number of carbonyl (C=O) groups is 12. The van der Waals surface area contributed by atoms with Crippen molar-refractivity contribution in [3.63, 3.8) is 0 Å². The van der Waals surface area contributed by atoms with Gasteiger partial charge in [0.1, 0.15) is 0 Å². The van der Waals surface area contributed by atoms with Crippen LogP contribution in [0.15, 0.2) is 124 Å². The molecule has 6 rings (SSSR count). The van der Waals surface area contributed by atoms with Gasteiger partial charge in [-0.15, -0.1) is 0 Å². The fourth-order valence-electron chi connectivity index (χ4n) is 9.67. The third-order valence-electron chi connectivity index (χ3n) is 13.5. The molecule has 43 heteroatoms. The van der Waals surface area contributed by atoms with Crippen LogP contribution >= 0.6 is 36.7 Å². The van der Waals surface area contributed by atoms with Gasteiger partial charge in [0.25, 0.3) is 0 Å². The number of benzene rings is 3. The number of aliphatic imine (C=N–C) groups is 3. The summed E-state index contributed by atoms with van der Waals surface area (Å²) >= 11 is 13.7. The maximum absolute atomic E-state index is 11.0. The maximum atomic E-state index is 11.0. The predicted molar refractivity (Wildman–Crippen MR) is 366 cm³/mol. The Kier molecular flexibility index (Phi) is 55.1. The Hall–Kier alpha value is -7.07. The number of hydrogen-bond donors (Lipinski definition) is 0. The first-order valence-electron chi connectivity index (χ1n) is 31.4. The van der Waals surface area contributed by atoms with Crippen molar-refractivity contribution in [2.75, 3.05) is 78.5 Å². The van der Waals surface area contributed by atoms with Gasteiger partial charge in [0, 0.05) is 151 Å². The zero-order valence-corrected chi connectivity index (χ0v) is 71.2. The molecule has 0 aliphatic rings. The molecule has 0 radical (unpaired) electrons. The van der Waals surface area contributed by atoms with E-state index in [1.165, 1.54) is 36.4 Å². The minimum atomic E-state index is -1.52. The minimum Gasteiger partial charge on any atom is -0.549 e. The van der Waals surface area contributed by atoms with E-state index in [0.29, 0.717) is 50.4 Å². The van der Waals surface area contributed by atoms with Gasteiger partial charge in [-0.2, -0.15) is 15.0 Å². The predicted octanol–water partition coefficient (Wildman–Crippen LogP) is -12.5. The van der Waals surface area contributed by atoms with Crippen LogP contribution in [0.3, 0.4) is 0 Å². The van der Waals surface area contributed by atoms with E-state index in [1.54, 1.807) is 72.8 Å². The minimum absolute atomic E-state index is 0. The smallest absolute Gasteiger partial charge is 0.549 e. The largest absolute Gasteiger partial charge is 3.00 e. The van der Waals surface area contributed by atoms with E-state index in [0.717, 1.165) is 29.4 Å². The van der Waals surface area contributed by atoms with E-state index in [9.17, 15) is 119 Å². The molecule has 0 spiro atoms. The number of carbonyl (C=O) groups excluding carboxylic acids is 12. The van der Waals surface area contributed by atoms with E-state index in [2.05, 4.69) is 118 Å². The average Bonchev–Trinajstić information content (AvgIpc) is 0.852. The molecule has 36 nitrogen and oxygen atoms in total.